The second-order valence-corrected chi connectivity index (χ2v) is 5.86. The van der Waals surface area contributed by atoms with E-state index in [-0.39, 0.29) is 6.61 Å². The molecule has 0 bridgehead atoms. The first-order chi connectivity index (χ1) is 9.29. The maximum Gasteiger partial charge on any atom is 0.123 e. The van der Waals surface area contributed by atoms with Crippen LogP contribution in [0.15, 0.2) is 36.5 Å². The Hall–Kier alpha value is -1.23. The van der Waals surface area contributed by atoms with Gasteiger partial charge in [0.15, 0.2) is 0 Å². The molecular formula is C15H20N2OS. The second kappa shape index (κ2) is 7.38. The van der Waals surface area contributed by atoms with Gasteiger partial charge in [0.1, 0.15) is 5.01 Å². The van der Waals surface area contributed by atoms with Gasteiger partial charge in [0.25, 0.3) is 0 Å². The van der Waals surface area contributed by atoms with Crippen LogP contribution in [0, 0.1) is 5.92 Å². The number of hydrogen-bond donors (Lipinski definition) is 2. The number of nitrogens with zero attached hydrogens (tertiary/aromatic N) is 1. The van der Waals surface area contributed by atoms with Crippen molar-refractivity contribution in [2.24, 2.45) is 5.92 Å². The van der Waals surface area contributed by atoms with Gasteiger partial charge < -0.3 is 10.4 Å². The second-order valence-electron chi connectivity index (χ2n) is 4.75. The Kier molecular flexibility index (Phi) is 5.51. The minimum absolute atomic E-state index is 0.265. The Morgan fingerprint density at radius 3 is 2.84 bits per heavy atom. The number of rotatable bonds is 7. The molecule has 0 aliphatic carbocycles. The summed E-state index contributed by atoms with van der Waals surface area (Å²) in [5.41, 5.74) is 1.17. The molecule has 3 nitrogen and oxygen atoms in total. The maximum absolute atomic E-state index is 8.85. The molecule has 102 valence electrons. The highest BCUT2D eigenvalue weighted by Crippen LogP contribution is 2.24. The molecule has 1 heterocycles. The predicted molar refractivity (Wildman–Crippen MR) is 80.1 cm³/mol. The molecule has 0 fully saturated rings. The molecule has 0 radical (unpaired) electrons. The van der Waals surface area contributed by atoms with Crippen molar-refractivity contribution in [3.63, 3.8) is 0 Å². The predicted octanol–water partition coefficient (Wildman–Crippen LogP) is 2.92. The highest BCUT2D eigenvalue weighted by molar-refractivity contribution is 7.15. The van der Waals surface area contributed by atoms with Crippen LogP contribution in [0.2, 0.25) is 0 Å². The van der Waals surface area contributed by atoms with Gasteiger partial charge in [-0.15, -0.1) is 11.3 Å². The zero-order valence-electron chi connectivity index (χ0n) is 11.2. The number of hydrogen-bond acceptors (Lipinski definition) is 4. The third-order valence-electron chi connectivity index (χ3n) is 2.99. The number of thiazole rings is 1. The first-order valence-electron chi connectivity index (χ1n) is 6.61. The van der Waals surface area contributed by atoms with Crippen molar-refractivity contribution in [3.05, 3.63) is 41.4 Å². The van der Waals surface area contributed by atoms with E-state index in [0.29, 0.717) is 5.92 Å². The van der Waals surface area contributed by atoms with E-state index in [9.17, 15) is 0 Å². The fraction of sp³-hybridized carbons (Fsp3) is 0.400. The summed E-state index contributed by atoms with van der Waals surface area (Å²) in [5, 5.41) is 13.3. The number of benzene rings is 1. The Labute approximate surface area is 118 Å². The Morgan fingerprint density at radius 2 is 2.11 bits per heavy atom. The van der Waals surface area contributed by atoms with Crippen molar-refractivity contribution in [2.45, 2.75) is 19.9 Å². The lowest BCUT2D eigenvalue weighted by atomic mass is 10.1. The van der Waals surface area contributed by atoms with Crippen LogP contribution in [0.5, 0.6) is 0 Å². The van der Waals surface area contributed by atoms with Crippen molar-refractivity contribution in [2.75, 3.05) is 13.2 Å². The average Bonchev–Trinajstić information content (AvgIpc) is 2.89. The molecule has 2 rings (SSSR count). The summed E-state index contributed by atoms with van der Waals surface area (Å²) in [4.78, 5) is 5.70. The topological polar surface area (TPSA) is 45.1 Å². The van der Waals surface area contributed by atoms with Crippen LogP contribution in [0.25, 0.3) is 10.6 Å². The molecule has 1 aromatic heterocycles. The summed E-state index contributed by atoms with van der Waals surface area (Å²) in [5.74, 6) is 0.506. The Bertz CT molecular complexity index is 484. The normalized spacial score (nSPS) is 12.5. The van der Waals surface area contributed by atoms with E-state index >= 15 is 0 Å². The monoisotopic (exact) mass is 276 g/mol. The van der Waals surface area contributed by atoms with E-state index < -0.39 is 0 Å². The van der Waals surface area contributed by atoms with E-state index in [1.807, 2.05) is 24.4 Å². The molecule has 0 amide bonds. The Morgan fingerprint density at radius 1 is 1.32 bits per heavy atom. The van der Waals surface area contributed by atoms with Gasteiger partial charge in [-0.2, -0.15) is 0 Å². The molecule has 2 N–H and O–H groups in total. The van der Waals surface area contributed by atoms with Gasteiger partial charge >= 0.3 is 0 Å². The summed E-state index contributed by atoms with van der Waals surface area (Å²) in [7, 11) is 0. The molecule has 1 atom stereocenters. The van der Waals surface area contributed by atoms with E-state index in [0.717, 1.165) is 24.5 Å². The van der Waals surface area contributed by atoms with Crippen LogP contribution in [0.1, 0.15) is 18.2 Å². The number of aliphatic hydroxyl groups is 1. The quantitative estimate of drug-likeness (QED) is 0.817. The summed E-state index contributed by atoms with van der Waals surface area (Å²) in [6.07, 6.45) is 2.79. The van der Waals surface area contributed by atoms with Crippen LogP contribution < -0.4 is 5.32 Å². The fourth-order valence-electron chi connectivity index (χ4n) is 1.87. The molecule has 0 spiro atoms. The molecule has 19 heavy (non-hydrogen) atoms. The molecule has 1 unspecified atom stereocenters. The number of nitrogens with one attached hydrogen (secondary N) is 1. The molecule has 2 aromatic rings. The van der Waals surface area contributed by atoms with Crippen LogP contribution >= 0.6 is 11.3 Å². The van der Waals surface area contributed by atoms with E-state index in [2.05, 4.69) is 29.4 Å². The molecular weight excluding hydrogens is 256 g/mol. The van der Waals surface area contributed by atoms with Crippen LogP contribution in [-0.2, 0) is 6.54 Å². The van der Waals surface area contributed by atoms with Crippen molar-refractivity contribution in [1.29, 1.82) is 0 Å². The highest BCUT2D eigenvalue weighted by Gasteiger charge is 2.05. The zero-order chi connectivity index (χ0) is 13.5. The largest absolute Gasteiger partial charge is 0.396 e. The van der Waals surface area contributed by atoms with Gasteiger partial charge in [-0.3, -0.25) is 0 Å². The van der Waals surface area contributed by atoms with Gasteiger partial charge in [0, 0.05) is 29.8 Å². The minimum Gasteiger partial charge on any atom is -0.396 e. The van der Waals surface area contributed by atoms with Gasteiger partial charge in [-0.25, -0.2) is 4.98 Å². The summed E-state index contributed by atoms with van der Waals surface area (Å²) >= 11 is 1.73. The van der Waals surface area contributed by atoms with Crippen molar-refractivity contribution >= 4 is 11.3 Å². The van der Waals surface area contributed by atoms with Crippen molar-refractivity contribution in [1.82, 2.24) is 10.3 Å². The van der Waals surface area contributed by atoms with E-state index in [4.69, 9.17) is 5.11 Å². The molecule has 0 saturated carbocycles. The standard InChI is InChI=1S/C15H20N2OS/c1-12(7-8-18)9-16-10-14-11-17-15(19-14)13-5-3-2-4-6-13/h2-6,11-12,16,18H,7-10H2,1H3. The smallest absolute Gasteiger partial charge is 0.123 e. The van der Waals surface area contributed by atoms with Gasteiger partial charge in [0.2, 0.25) is 0 Å². The van der Waals surface area contributed by atoms with Gasteiger partial charge in [-0.05, 0) is 18.9 Å². The molecule has 0 aliphatic rings. The lowest BCUT2D eigenvalue weighted by Gasteiger charge is -2.09. The summed E-state index contributed by atoms with van der Waals surface area (Å²) in [6, 6.07) is 10.2. The third-order valence-corrected chi connectivity index (χ3v) is 4.03. The van der Waals surface area contributed by atoms with Gasteiger partial charge in [-0.1, -0.05) is 37.3 Å². The van der Waals surface area contributed by atoms with Gasteiger partial charge in [0.05, 0.1) is 0 Å². The third kappa shape index (κ3) is 4.42. The fourth-order valence-corrected chi connectivity index (χ4v) is 2.75. The van der Waals surface area contributed by atoms with Crippen molar-refractivity contribution < 1.29 is 5.11 Å². The minimum atomic E-state index is 0.265. The summed E-state index contributed by atoms with van der Waals surface area (Å²) < 4.78 is 0. The van der Waals surface area contributed by atoms with E-state index in [1.165, 1.54) is 10.4 Å². The lowest BCUT2D eigenvalue weighted by molar-refractivity contribution is 0.260. The van der Waals surface area contributed by atoms with Crippen LogP contribution in [-0.4, -0.2) is 23.2 Å². The highest BCUT2D eigenvalue weighted by atomic mass is 32.1. The average molecular weight is 276 g/mol. The SMILES string of the molecule is CC(CCO)CNCc1cnc(-c2ccccc2)s1. The number of aromatic nitrogens is 1. The molecule has 1 aromatic carbocycles. The molecule has 4 heteroatoms. The Balaban J connectivity index is 1.85. The first kappa shape index (κ1) is 14.2. The number of aliphatic hydroxyl groups excluding tert-OH is 1. The van der Waals surface area contributed by atoms with E-state index in [1.54, 1.807) is 11.3 Å². The van der Waals surface area contributed by atoms with Crippen molar-refractivity contribution in [3.8, 4) is 10.6 Å². The maximum atomic E-state index is 8.85. The van der Waals surface area contributed by atoms with Crippen LogP contribution in [0.3, 0.4) is 0 Å². The summed E-state index contributed by atoms with van der Waals surface area (Å²) in [6.45, 7) is 4.19. The lowest BCUT2D eigenvalue weighted by Crippen LogP contribution is -2.20. The zero-order valence-corrected chi connectivity index (χ0v) is 12.0. The molecule has 0 aliphatic heterocycles. The molecule has 0 saturated heterocycles. The van der Waals surface area contributed by atoms with Crippen LogP contribution in [0.4, 0.5) is 0 Å². The first-order valence-corrected chi connectivity index (χ1v) is 7.43.